The quantitative estimate of drug-likeness (QED) is 0.792. The minimum Gasteiger partial charge on any atom is -0.320 e. The van der Waals surface area contributed by atoms with Crippen molar-refractivity contribution < 1.29 is 0 Å². The lowest BCUT2D eigenvalue weighted by Gasteiger charge is -2.52. The number of hydrogen-bond donors (Lipinski definition) is 1. The van der Waals surface area contributed by atoms with E-state index in [-0.39, 0.29) is 0 Å². The molecular weight excluding hydrogens is 208 g/mol. The predicted molar refractivity (Wildman–Crippen MR) is 74.2 cm³/mol. The maximum Gasteiger partial charge on any atom is 0.000439 e. The van der Waals surface area contributed by atoms with Gasteiger partial charge < -0.3 is 10.2 Å². The van der Waals surface area contributed by atoms with Crippen LogP contribution in [-0.4, -0.2) is 38.1 Å². The fourth-order valence-electron chi connectivity index (χ4n) is 3.85. The molecule has 2 nitrogen and oxygen atoms in total. The van der Waals surface area contributed by atoms with Crippen molar-refractivity contribution in [3.8, 4) is 0 Å². The largest absolute Gasteiger partial charge is 0.320 e. The summed E-state index contributed by atoms with van der Waals surface area (Å²) in [6, 6.07) is 0. The molecule has 1 aliphatic carbocycles. The summed E-state index contributed by atoms with van der Waals surface area (Å²) < 4.78 is 0. The Morgan fingerprint density at radius 2 is 1.88 bits per heavy atom. The molecule has 2 heteroatoms. The Morgan fingerprint density at radius 3 is 2.41 bits per heavy atom. The second kappa shape index (κ2) is 5.71. The average molecular weight is 238 g/mol. The van der Waals surface area contributed by atoms with Crippen molar-refractivity contribution in [3.63, 3.8) is 0 Å². The van der Waals surface area contributed by atoms with Gasteiger partial charge in [0.1, 0.15) is 0 Å². The molecule has 0 radical (unpaired) electrons. The van der Waals surface area contributed by atoms with Crippen LogP contribution in [0.4, 0.5) is 0 Å². The molecule has 1 heterocycles. The van der Waals surface area contributed by atoms with Crippen molar-refractivity contribution in [1.82, 2.24) is 10.2 Å². The van der Waals surface area contributed by atoms with Crippen LogP contribution in [-0.2, 0) is 0 Å². The molecule has 0 aromatic heterocycles. The lowest BCUT2D eigenvalue weighted by Crippen LogP contribution is -2.48. The second-order valence-electron chi connectivity index (χ2n) is 6.86. The number of nitrogens with one attached hydrogen (secondary N) is 1. The summed E-state index contributed by atoms with van der Waals surface area (Å²) >= 11 is 0. The van der Waals surface area contributed by atoms with E-state index in [1.807, 2.05) is 0 Å². The van der Waals surface area contributed by atoms with Crippen molar-refractivity contribution in [2.75, 3.05) is 33.2 Å². The molecule has 0 bridgehead atoms. The summed E-state index contributed by atoms with van der Waals surface area (Å²) in [6.45, 7) is 9.90. The predicted octanol–water partition coefficient (Wildman–Crippen LogP) is 2.74. The van der Waals surface area contributed by atoms with E-state index >= 15 is 0 Å². The minimum absolute atomic E-state index is 0.770. The number of rotatable bonds is 5. The zero-order valence-corrected chi connectivity index (χ0v) is 12.0. The van der Waals surface area contributed by atoms with Crippen LogP contribution in [0.3, 0.4) is 0 Å². The van der Waals surface area contributed by atoms with Gasteiger partial charge in [0, 0.05) is 6.54 Å². The lowest BCUT2D eigenvalue weighted by molar-refractivity contribution is -0.0179. The van der Waals surface area contributed by atoms with Gasteiger partial charge in [0.05, 0.1) is 0 Å². The van der Waals surface area contributed by atoms with Crippen molar-refractivity contribution in [1.29, 1.82) is 0 Å². The van der Waals surface area contributed by atoms with Gasteiger partial charge in [-0.1, -0.05) is 13.8 Å². The first-order valence-electron chi connectivity index (χ1n) is 7.50. The molecule has 2 aliphatic rings. The summed E-state index contributed by atoms with van der Waals surface area (Å²) in [5.41, 5.74) is 0.770. The van der Waals surface area contributed by atoms with Gasteiger partial charge in [-0.3, -0.25) is 0 Å². The third kappa shape index (κ3) is 3.45. The highest BCUT2D eigenvalue weighted by Gasteiger charge is 2.44. The molecule has 1 N–H and O–H groups in total. The van der Waals surface area contributed by atoms with E-state index in [1.54, 1.807) is 0 Å². The fraction of sp³-hybridized carbons (Fsp3) is 1.00. The van der Waals surface area contributed by atoms with Gasteiger partial charge in [-0.15, -0.1) is 0 Å². The Kier molecular flexibility index (Phi) is 4.48. The molecule has 100 valence electrons. The van der Waals surface area contributed by atoms with Crippen LogP contribution < -0.4 is 5.32 Å². The van der Waals surface area contributed by atoms with Crippen molar-refractivity contribution in [2.24, 2.45) is 17.3 Å². The van der Waals surface area contributed by atoms with E-state index in [2.05, 4.69) is 31.1 Å². The molecule has 1 aliphatic heterocycles. The van der Waals surface area contributed by atoms with Gasteiger partial charge in [-0.25, -0.2) is 0 Å². The molecule has 0 aromatic carbocycles. The summed E-state index contributed by atoms with van der Waals surface area (Å²) in [6.07, 6.45) is 7.37. The molecule has 1 spiro atoms. The monoisotopic (exact) mass is 238 g/mol. The van der Waals surface area contributed by atoms with Gasteiger partial charge >= 0.3 is 0 Å². The van der Waals surface area contributed by atoms with Crippen molar-refractivity contribution >= 4 is 0 Å². The van der Waals surface area contributed by atoms with Crippen molar-refractivity contribution in [2.45, 2.75) is 46.0 Å². The van der Waals surface area contributed by atoms with Gasteiger partial charge in [0.25, 0.3) is 0 Å². The van der Waals surface area contributed by atoms with Gasteiger partial charge in [-0.05, 0) is 76.0 Å². The highest BCUT2D eigenvalue weighted by atomic mass is 15.1. The molecule has 0 aromatic rings. The molecule has 17 heavy (non-hydrogen) atoms. The first-order chi connectivity index (χ1) is 8.13. The third-order valence-electron chi connectivity index (χ3n) is 4.79. The number of nitrogens with zero attached hydrogens (tertiary/aromatic N) is 1. The first kappa shape index (κ1) is 13.4. The smallest absolute Gasteiger partial charge is 0.000439 e. The van der Waals surface area contributed by atoms with Crippen LogP contribution in [0.2, 0.25) is 0 Å². The fourth-order valence-corrected chi connectivity index (χ4v) is 3.85. The molecular formula is C15H30N2. The van der Waals surface area contributed by atoms with Crippen LogP contribution in [0.25, 0.3) is 0 Å². The maximum absolute atomic E-state index is 3.28. The molecule has 0 unspecified atom stereocenters. The topological polar surface area (TPSA) is 15.3 Å². The zero-order valence-electron chi connectivity index (χ0n) is 12.0. The SMILES string of the molecule is CNCCC1CC2(CCN(CC(C)C)CC2)C1. The van der Waals surface area contributed by atoms with Gasteiger partial charge in [-0.2, -0.15) is 0 Å². The highest BCUT2D eigenvalue weighted by Crippen LogP contribution is 2.53. The molecule has 1 saturated heterocycles. The lowest BCUT2D eigenvalue weighted by atomic mass is 9.57. The van der Waals surface area contributed by atoms with Crippen molar-refractivity contribution in [3.05, 3.63) is 0 Å². The standard InChI is InChI=1S/C15H30N2/c1-13(2)12-17-8-5-15(6-9-17)10-14(11-15)4-7-16-3/h13-14,16H,4-12H2,1-3H3. The van der Waals surface area contributed by atoms with E-state index in [0.717, 1.165) is 17.3 Å². The van der Waals surface area contributed by atoms with Crippen LogP contribution in [0.1, 0.15) is 46.0 Å². The second-order valence-corrected chi connectivity index (χ2v) is 6.86. The van der Waals surface area contributed by atoms with Crippen LogP contribution in [0, 0.1) is 17.3 Å². The maximum atomic E-state index is 3.28. The Bertz CT molecular complexity index is 221. The van der Waals surface area contributed by atoms with E-state index in [9.17, 15) is 0 Å². The normalized spacial score (nSPS) is 25.4. The van der Waals surface area contributed by atoms with Crippen LogP contribution in [0.15, 0.2) is 0 Å². The Balaban J connectivity index is 1.66. The summed E-state index contributed by atoms with van der Waals surface area (Å²) in [4.78, 5) is 2.68. The van der Waals surface area contributed by atoms with E-state index in [4.69, 9.17) is 0 Å². The zero-order chi connectivity index (χ0) is 12.3. The molecule has 0 atom stereocenters. The van der Waals surface area contributed by atoms with Crippen LogP contribution >= 0.6 is 0 Å². The minimum atomic E-state index is 0.770. The average Bonchev–Trinajstić information content (AvgIpc) is 2.25. The number of likely N-dealkylation sites (tertiary alicyclic amines) is 1. The van der Waals surface area contributed by atoms with Gasteiger partial charge in [0.2, 0.25) is 0 Å². The van der Waals surface area contributed by atoms with E-state index in [0.29, 0.717) is 0 Å². The summed E-state index contributed by atoms with van der Waals surface area (Å²) in [5, 5.41) is 3.28. The Labute approximate surface area is 107 Å². The van der Waals surface area contributed by atoms with Gasteiger partial charge in [0.15, 0.2) is 0 Å². The molecule has 2 rings (SSSR count). The van der Waals surface area contributed by atoms with E-state index < -0.39 is 0 Å². The molecule has 0 amide bonds. The number of piperidine rings is 1. The first-order valence-corrected chi connectivity index (χ1v) is 7.50. The number of hydrogen-bond acceptors (Lipinski definition) is 2. The molecule has 2 fully saturated rings. The Morgan fingerprint density at radius 1 is 1.24 bits per heavy atom. The summed E-state index contributed by atoms with van der Waals surface area (Å²) in [5.74, 6) is 1.85. The highest BCUT2D eigenvalue weighted by molar-refractivity contribution is 4.97. The Hall–Kier alpha value is -0.0800. The molecule has 1 saturated carbocycles. The van der Waals surface area contributed by atoms with Crippen LogP contribution in [0.5, 0.6) is 0 Å². The van der Waals surface area contributed by atoms with E-state index in [1.165, 1.54) is 58.3 Å². The summed E-state index contributed by atoms with van der Waals surface area (Å²) in [7, 11) is 2.07. The third-order valence-corrected chi connectivity index (χ3v) is 4.79.